The van der Waals surface area contributed by atoms with Crippen molar-refractivity contribution in [2.75, 3.05) is 24.7 Å². The molecule has 0 aliphatic rings. The van der Waals surface area contributed by atoms with Gasteiger partial charge >= 0.3 is 0 Å². The molecular weight excluding hydrogens is 334 g/mol. The minimum absolute atomic E-state index is 0.302. The Bertz CT molecular complexity index is 775. The molecule has 0 bridgehead atoms. The van der Waals surface area contributed by atoms with Gasteiger partial charge in [-0.1, -0.05) is 23.7 Å². The van der Waals surface area contributed by atoms with E-state index in [9.17, 15) is 8.42 Å². The van der Waals surface area contributed by atoms with E-state index in [1.54, 1.807) is 24.3 Å². The van der Waals surface area contributed by atoms with E-state index in [-0.39, 0.29) is 0 Å². The first-order valence-electron chi connectivity index (χ1n) is 7.36. The van der Waals surface area contributed by atoms with Crippen LogP contribution in [0.15, 0.2) is 47.4 Å². The maximum Gasteiger partial charge on any atom is 0.177 e. The second-order valence-corrected chi connectivity index (χ2v) is 7.55. The van der Waals surface area contributed by atoms with Crippen LogP contribution >= 0.6 is 11.6 Å². The van der Waals surface area contributed by atoms with Crippen LogP contribution in [-0.4, -0.2) is 27.8 Å². The minimum atomic E-state index is -3.26. The maximum absolute atomic E-state index is 11.8. The average Bonchev–Trinajstić information content (AvgIpc) is 2.49. The number of sulfone groups is 1. The van der Waals surface area contributed by atoms with Gasteiger partial charge in [-0.3, -0.25) is 0 Å². The summed E-state index contributed by atoms with van der Waals surface area (Å²) in [6.45, 7) is 3.09. The molecular formula is C17H20ClNO3S. The SMILES string of the molecule is CCOc1ccc(Cl)cc1CCNc1ccccc1S(C)(=O)=O. The molecule has 2 aromatic rings. The Morgan fingerprint density at radius 3 is 2.61 bits per heavy atom. The molecule has 1 N–H and O–H groups in total. The van der Waals surface area contributed by atoms with Gasteiger partial charge in [0.15, 0.2) is 9.84 Å². The monoisotopic (exact) mass is 353 g/mol. The van der Waals surface area contributed by atoms with Gasteiger partial charge in [-0.2, -0.15) is 0 Å². The Balaban J connectivity index is 2.11. The maximum atomic E-state index is 11.8. The summed E-state index contributed by atoms with van der Waals surface area (Å²) in [5.41, 5.74) is 1.60. The smallest absolute Gasteiger partial charge is 0.177 e. The Kier molecular flexibility index (Phi) is 5.91. The third kappa shape index (κ3) is 4.88. The molecule has 0 spiro atoms. The van der Waals surface area contributed by atoms with Gasteiger partial charge in [0, 0.05) is 17.8 Å². The van der Waals surface area contributed by atoms with Gasteiger partial charge in [0.25, 0.3) is 0 Å². The van der Waals surface area contributed by atoms with Crippen molar-refractivity contribution in [1.29, 1.82) is 0 Å². The standard InChI is InChI=1S/C17H20ClNO3S/c1-3-22-16-9-8-14(18)12-13(16)10-11-19-15-6-4-5-7-17(15)23(2,20)21/h4-9,12,19H,3,10-11H2,1-2H3. The van der Waals surface area contributed by atoms with Gasteiger partial charge in [-0.25, -0.2) is 8.42 Å². The normalized spacial score (nSPS) is 11.3. The largest absolute Gasteiger partial charge is 0.494 e. The van der Waals surface area contributed by atoms with Crippen molar-refractivity contribution in [3.63, 3.8) is 0 Å². The Hall–Kier alpha value is -1.72. The van der Waals surface area contributed by atoms with Crippen molar-refractivity contribution in [3.05, 3.63) is 53.1 Å². The highest BCUT2D eigenvalue weighted by molar-refractivity contribution is 7.90. The van der Waals surface area contributed by atoms with Crippen LogP contribution in [0.4, 0.5) is 5.69 Å². The Morgan fingerprint density at radius 2 is 1.91 bits per heavy atom. The van der Waals surface area contributed by atoms with Crippen LogP contribution in [0.25, 0.3) is 0 Å². The first-order valence-corrected chi connectivity index (χ1v) is 9.63. The topological polar surface area (TPSA) is 55.4 Å². The lowest BCUT2D eigenvalue weighted by Crippen LogP contribution is -2.10. The summed E-state index contributed by atoms with van der Waals surface area (Å²) < 4.78 is 29.2. The van der Waals surface area contributed by atoms with E-state index in [2.05, 4.69) is 5.32 Å². The molecule has 0 unspecified atom stereocenters. The third-order valence-corrected chi connectivity index (χ3v) is 4.71. The predicted octanol–water partition coefficient (Wildman–Crippen LogP) is 3.80. The molecule has 0 amide bonds. The summed E-state index contributed by atoms with van der Waals surface area (Å²) in [7, 11) is -3.26. The fraction of sp³-hybridized carbons (Fsp3) is 0.294. The molecule has 0 fully saturated rings. The fourth-order valence-electron chi connectivity index (χ4n) is 2.31. The van der Waals surface area contributed by atoms with Crippen molar-refractivity contribution in [1.82, 2.24) is 0 Å². The number of hydrogen-bond donors (Lipinski definition) is 1. The molecule has 4 nitrogen and oxygen atoms in total. The highest BCUT2D eigenvalue weighted by atomic mass is 35.5. The predicted molar refractivity (Wildman–Crippen MR) is 94.4 cm³/mol. The fourth-order valence-corrected chi connectivity index (χ4v) is 3.37. The summed E-state index contributed by atoms with van der Waals surface area (Å²) >= 11 is 6.04. The Morgan fingerprint density at radius 1 is 1.17 bits per heavy atom. The summed E-state index contributed by atoms with van der Waals surface area (Å²) in [5, 5.41) is 3.83. The van der Waals surface area contributed by atoms with Crippen LogP contribution in [0, 0.1) is 0 Å². The van der Waals surface area contributed by atoms with Gasteiger partial charge in [0.1, 0.15) is 5.75 Å². The third-order valence-electron chi connectivity index (χ3n) is 3.32. The van der Waals surface area contributed by atoms with Crippen molar-refractivity contribution >= 4 is 27.1 Å². The van der Waals surface area contributed by atoms with Gasteiger partial charge in [-0.15, -0.1) is 0 Å². The molecule has 6 heteroatoms. The van der Waals surface area contributed by atoms with Crippen LogP contribution in [0.5, 0.6) is 5.75 Å². The van der Waals surface area contributed by atoms with Crippen LogP contribution in [0.1, 0.15) is 12.5 Å². The molecule has 0 saturated heterocycles. The molecule has 2 rings (SSSR count). The quantitative estimate of drug-likeness (QED) is 0.822. The second-order valence-electron chi connectivity index (χ2n) is 5.13. The number of rotatable bonds is 7. The van der Waals surface area contributed by atoms with Crippen molar-refractivity contribution in [3.8, 4) is 5.75 Å². The zero-order valence-corrected chi connectivity index (χ0v) is 14.7. The molecule has 0 aromatic heterocycles. The van der Waals surface area contributed by atoms with Crippen LogP contribution < -0.4 is 10.1 Å². The number of ether oxygens (including phenoxy) is 1. The number of halogens is 1. The van der Waals surface area contributed by atoms with E-state index in [1.165, 1.54) is 6.26 Å². The summed E-state index contributed by atoms with van der Waals surface area (Å²) in [4.78, 5) is 0.302. The molecule has 0 aliphatic heterocycles. The van der Waals surface area contributed by atoms with Gasteiger partial charge in [0.05, 0.1) is 17.2 Å². The van der Waals surface area contributed by atoms with Crippen LogP contribution in [-0.2, 0) is 16.3 Å². The van der Waals surface area contributed by atoms with Crippen molar-refractivity contribution in [2.24, 2.45) is 0 Å². The molecule has 124 valence electrons. The van der Waals surface area contributed by atoms with Gasteiger partial charge in [0.2, 0.25) is 0 Å². The second kappa shape index (κ2) is 7.70. The van der Waals surface area contributed by atoms with E-state index >= 15 is 0 Å². The van der Waals surface area contributed by atoms with E-state index in [0.29, 0.717) is 35.2 Å². The number of hydrogen-bond acceptors (Lipinski definition) is 4. The van der Waals surface area contributed by atoms with Gasteiger partial charge in [-0.05, 0) is 49.2 Å². The highest BCUT2D eigenvalue weighted by Crippen LogP contribution is 2.24. The highest BCUT2D eigenvalue weighted by Gasteiger charge is 2.12. The lowest BCUT2D eigenvalue weighted by molar-refractivity contribution is 0.336. The summed E-state index contributed by atoms with van der Waals surface area (Å²) in [6.07, 6.45) is 1.88. The molecule has 2 aromatic carbocycles. The average molecular weight is 354 g/mol. The summed E-state index contributed by atoms with van der Waals surface area (Å²) in [6, 6.07) is 12.4. The Labute approximate surface area is 142 Å². The number of benzene rings is 2. The van der Waals surface area contributed by atoms with Crippen LogP contribution in [0.2, 0.25) is 5.02 Å². The van der Waals surface area contributed by atoms with E-state index in [4.69, 9.17) is 16.3 Å². The number of para-hydroxylation sites is 1. The molecule has 0 saturated carbocycles. The van der Waals surface area contributed by atoms with Crippen LogP contribution in [0.3, 0.4) is 0 Å². The van der Waals surface area contributed by atoms with E-state index in [0.717, 1.165) is 11.3 Å². The van der Waals surface area contributed by atoms with Crippen molar-refractivity contribution < 1.29 is 13.2 Å². The first-order chi connectivity index (χ1) is 10.9. The first kappa shape index (κ1) is 17.6. The molecule has 23 heavy (non-hydrogen) atoms. The van der Waals surface area contributed by atoms with E-state index < -0.39 is 9.84 Å². The molecule has 0 aliphatic carbocycles. The minimum Gasteiger partial charge on any atom is -0.494 e. The summed E-state index contributed by atoms with van der Waals surface area (Å²) in [5.74, 6) is 0.801. The zero-order chi connectivity index (χ0) is 16.9. The van der Waals surface area contributed by atoms with Gasteiger partial charge < -0.3 is 10.1 Å². The molecule has 0 radical (unpaired) electrons. The molecule has 0 heterocycles. The zero-order valence-electron chi connectivity index (χ0n) is 13.2. The number of nitrogens with one attached hydrogen (secondary N) is 1. The van der Waals surface area contributed by atoms with Crippen molar-refractivity contribution in [2.45, 2.75) is 18.2 Å². The van der Waals surface area contributed by atoms with E-state index in [1.807, 2.05) is 25.1 Å². The molecule has 0 atom stereocenters. The lowest BCUT2D eigenvalue weighted by atomic mass is 10.1. The lowest BCUT2D eigenvalue weighted by Gasteiger charge is -2.13. The number of anilines is 1.